The van der Waals surface area contributed by atoms with Crippen LogP contribution in [0.4, 0.5) is 4.39 Å². The van der Waals surface area contributed by atoms with Gasteiger partial charge >= 0.3 is 0 Å². The van der Waals surface area contributed by atoms with E-state index < -0.39 is 5.82 Å². The number of carbonyl (C=O) groups is 2. The highest BCUT2D eigenvalue weighted by molar-refractivity contribution is 7.10. The van der Waals surface area contributed by atoms with E-state index in [9.17, 15) is 14.0 Å². The van der Waals surface area contributed by atoms with E-state index in [2.05, 4.69) is 0 Å². The molecular weight excluding hydrogens is 491 g/mol. The number of carbonyl (C=O) groups excluding carboxylic acids is 2. The van der Waals surface area contributed by atoms with Gasteiger partial charge in [0.05, 0.1) is 12.1 Å². The SMILES string of the molecule is Cc1cccc(C(=O)N(CC(=O)N2CCc3sccc3[C@H]2COc2ccccc2F)C[C@H]2CCCO2)c1. The number of amides is 2. The summed E-state index contributed by atoms with van der Waals surface area (Å²) < 4.78 is 25.9. The van der Waals surface area contributed by atoms with Crippen LogP contribution in [0.25, 0.3) is 0 Å². The van der Waals surface area contributed by atoms with Crippen molar-refractivity contribution in [3.63, 3.8) is 0 Å². The molecule has 0 spiro atoms. The highest BCUT2D eigenvalue weighted by Crippen LogP contribution is 2.34. The first kappa shape index (κ1) is 25.4. The summed E-state index contributed by atoms with van der Waals surface area (Å²) in [6.07, 6.45) is 2.49. The third-order valence-corrected chi connectivity index (χ3v) is 7.97. The van der Waals surface area contributed by atoms with Crippen molar-refractivity contribution < 1.29 is 23.5 Å². The van der Waals surface area contributed by atoms with E-state index in [1.165, 1.54) is 10.9 Å². The fraction of sp³-hybridized carbons (Fsp3) is 0.379. The smallest absolute Gasteiger partial charge is 0.254 e. The molecule has 37 heavy (non-hydrogen) atoms. The number of ether oxygens (including phenoxy) is 2. The minimum Gasteiger partial charge on any atom is -0.488 e. The van der Waals surface area contributed by atoms with E-state index in [4.69, 9.17) is 9.47 Å². The van der Waals surface area contributed by atoms with Crippen molar-refractivity contribution in [2.75, 3.05) is 32.8 Å². The molecule has 0 N–H and O–H groups in total. The fourth-order valence-electron chi connectivity index (χ4n) is 5.07. The van der Waals surface area contributed by atoms with E-state index in [0.717, 1.165) is 30.4 Å². The number of para-hydroxylation sites is 1. The molecule has 3 aromatic rings. The van der Waals surface area contributed by atoms with Gasteiger partial charge in [0.2, 0.25) is 5.91 Å². The molecule has 5 rings (SSSR count). The Morgan fingerprint density at radius 1 is 1.19 bits per heavy atom. The van der Waals surface area contributed by atoms with Gasteiger partial charge < -0.3 is 19.3 Å². The Kier molecular flexibility index (Phi) is 7.86. The molecule has 1 aromatic heterocycles. The Morgan fingerprint density at radius 2 is 2.05 bits per heavy atom. The Labute approximate surface area is 220 Å². The van der Waals surface area contributed by atoms with Crippen molar-refractivity contribution in [3.05, 3.63) is 87.4 Å². The number of fused-ring (bicyclic) bond motifs is 1. The van der Waals surface area contributed by atoms with Gasteiger partial charge in [0, 0.05) is 30.1 Å². The lowest BCUT2D eigenvalue weighted by Gasteiger charge is -2.37. The van der Waals surface area contributed by atoms with Crippen molar-refractivity contribution >= 4 is 23.2 Å². The first-order chi connectivity index (χ1) is 18.0. The number of halogens is 1. The maximum Gasteiger partial charge on any atom is 0.254 e. The van der Waals surface area contributed by atoms with Gasteiger partial charge in [-0.1, -0.05) is 29.8 Å². The summed E-state index contributed by atoms with van der Waals surface area (Å²) in [5.74, 6) is -0.613. The van der Waals surface area contributed by atoms with Crippen molar-refractivity contribution in [2.45, 2.75) is 38.3 Å². The molecule has 2 atom stereocenters. The standard InChI is InChI=1S/C29H31FN2O4S/c1-20-6-4-7-21(16-20)29(34)31(17-22-8-5-14-35-22)18-28(33)32-13-11-27-23(12-15-37-27)25(32)19-36-26-10-3-2-9-24(26)30/h2-4,6-7,9-10,12,15-16,22,25H,5,8,11,13-14,17-19H2,1H3/t22-,25-/m1/s1. The molecule has 2 aliphatic rings. The van der Waals surface area contributed by atoms with E-state index in [0.29, 0.717) is 25.3 Å². The van der Waals surface area contributed by atoms with Crippen LogP contribution in [0.15, 0.2) is 60.0 Å². The number of hydrogen-bond donors (Lipinski definition) is 0. The summed E-state index contributed by atoms with van der Waals surface area (Å²) in [5, 5.41) is 2.01. The molecule has 0 aliphatic carbocycles. The maximum atomic E-state index is 14.2. The first-order valence-electron chi connectivity index (χ1n) is 12.7. The quantitative estimate of drug-likeness (QED) is 0.417. The van der Waals surface area contributed by atoms with Gasteiger partial charge in [-0.25, -0.2) is 4.39 Å². The van der Waals surface area contributed by atoms with Crippen LogP contribution in [0.1, 0.15) is 45.2 Å². The molecule has 6 nitrogen and oxygen atoms in total. The second kappa shape index (κ2) is 11.4. The predicted octanol–water partition coefficient (Wildman–Crippen LogP) is 5.02. The van der Waals surface area contributed by atoms with Crippen molar-refractivity contribution in [1.82, 2.24) is 9.80 Å². The van der Waals surface area contributed by atoms with Gasteiger partial charge in [-0.15, -0.1) is 11.3 Å². The van der Waals surface area contributed by atoms with Crippen LogP contribution in [0, 0.1) is 12.7 Å². The second-order valence-corrected chi connectivity index (χ2v) is 10.6. The molecule has 0 radical (unpaired) electrons. The summed E-state index contributed by atoms with van der Waals surface area (Å²) in [5.41, 5.74) is 2.57. The highest BCUT2D eigenvalue weighted by Gasteiger charge is 2.34. The predicted molar refractivity (Wildman–Crippen MR) is 140 cm³/mol. The summed E-state index contributed by atoms with van der Waals surface area (Å²) in [6, 6.07) is 15.4. The third kappa shape index (κ3) is 5.86. The molecule has 8 heteroatoms. The lowest BCUT2D eigenvalue weighted by Crippen LogP contribution is -2.49. The van der Waals surface area contributed by atoms with E-state index in [-0.39, 0.29) is 42.9 Å². The Balaban J connectivity index is 1.36. The van der Waals surface area contributed by atoms with Crippen LogP contribution < -0.4 is 4.74 Å². The number of rotatable bonds is 8. The molecular formula is C29H31FN2O4S. The first-order valence-corrected chi connectivity index (χ1v) is 13.6. The van der Waals surface area contributed by atoms with E-state index in [1.807, 2.05) is 36.6 Å². The van der Waals surface area contributed by atoms with Crippen molar-refractivity contribution in [1.29, 1.82) is 0 Å². The second-order valence-electron chi connectivity index (χ2n) is 9.58. The van der Waals surface area contributed by atoms with E-state index in [1.54, 1.807) is 45.4 Å². The van der Waals surface area contributed by atoms with Crippen LogP contribution in [-0.4, -0.2) is 60.6 Å². The summed E-state index contributed by atoms with van der Waals surface area (Å²) in [7, 11) is 0. The highest BCUT2D eigenvalue weighted by atomic mass is 32.1. The van der Waals surface area contributed by atoms with Crippen LogP contribution in [0.2, 0.25) is 0 Å². The van der Waals surface area contributed by atoms with Gasteiger partial charge in [0.15, 0.2) is 11.6 Å². The van der Waals surface area contributed by atoms with Gasteiger partial charge in [0.1, 0.15) is 13.2 Å². The lowest BCUT2D eigenvalue weighted by atomic mass is 10.00. The average molecular weight is 523 g/mol. The number of benzene rings is 2. The molecule has 1 fully saturated rings. The molecule has 0 unspecified atom stereocenters. The molecule has 2 aromatic carbocycles. The van der Waals surface area contributed by atoms with Crippen molar-refractivity contribution in [3.8, 4) is 5.75 Å². The molecule has 1 saturated heterocycles. The normalized spacial score (nSPS) is 18.9. The summed E-state index contributed by atoms with van der Waals surface area (Å²) >= 11 is 1.66. The zero-order chi connectivity index (χ0) is 25.8. The minimum atomic E-state index is -0.437. The van der Waals surface area contributed by atoms with Crippen molar-refractivity contribution in [2.24, 2.45) is 0 Å². The van der Waals surface area contributed by atoms with Gasteiger partial charge in [-0.3, -0.25) is 9.59 Å². The molecule has 0 saturated carbocycles. The number of thiophene rings is 1. The largest absolute Gasteiger partial charge is 0.488 e. The van der Waals surface area contributed by atoms with E-state index >= 15 is 0 Å². The minimum absolute atomic E-state index is 0.0533. The molecule has 3 heterocycles. The Bertz CT molecular complexity index is 1260. The molecule has 194 valence electrons. The zero-order valence-electron chi connectivity index (χ0n) is 20.9. The molecule has 2 amide bonds. The van der Waals surface area contributed by atoms with Crippen LogP contribution in [-0.2, 0) is 16.0 Å². The Hall–Kier alpha value is -3.23. The van der Waals surface area contributed by atoms with Crippen LogP contribution >= 0.6 is 11.3 Å². The van der Waals surface area contributed by atoms with Gasteiger partial charge in [-0.2, -0.15) is 0 Å². The van der Waals surface area contributed by atoms with Gasteiger partial charge in [0.25, 0.3) is 5.91 Å². The maximum absolute atomic E-state index is 14.2. The van der Waals surface area contributed by atoms with Crippen LogP contribution in [0.5, 0.6) is 5.75 Å². The third-order valence-electron chi connectivity index (χ3n) is 6.97. The van der Waals surface area contributed by atoms with Gasteiger partial charge in [-0.05, 0) is 67.5 Å². The monoisotopic (exact) mass is 522 g/mol. The molecule has 0 bridgehead atoms. The average Bonchev–Trinajstić information content (AvgIpc) is 3.59. The topological polar surface area (TPSA) is 59.1 Å². The zero-order valence-corrected chi connectivity index (χ0v) is 21.7. The lowest BCUT2D eigenvalue weighted by molar-refractivity contribution is -0.135. The van der Waals surface area contributed by atoms with Crippen LogP contribution in [0.3, 0.4) is 0 Å². The fourth-order valence-corrected chi connectivity index (χ4v) is 6.00. The Morgan fingerprint density at radius 3 is 2.84 bits per heavy atom. The summed E-state index contributed by atoms with van der Waals surface area (Å²) in [4.78, 5) is 31.9. The number of hydrogen-bond acceptors (Lipinski definition) is 5. The molecule has 2 aliphatic heterocycles. The number of nitrogens with zero attached hydrogens (tertiary/aromatic N) is 2. The number of aryl methyl sites for hydroxylation is 1. The summed E-state index contributed by atoms with van der Waals surface area (Å²) in [6.45, 7) is 3.58.